The Morgan fingerprint density at radius 3 is 2.81 bits per heavy atom. The van der Waals surface area contributed by atoms with Crippen molar-refractivity contribution in [3.8, 4) is 5.75 Å². The molecule has 136 valence electrons. The van der Waals surface area contributed by atoms with E-state index in [0.717, 1.165) is 27.4 Å². The van der Waals surface area contributed by atoms with Gasteiger partial charge in [-0.1, -0.05) is 18.0 Å². The summed E-state index contributed by atoms with van der Waals surface area (Å²) >= 11 is 6.57. The Morgan fingerprint density at radius 2 is 2.12 bits per heavy atom. The molecule has 1 aliphatic rings. The van der Waals surface area contributed by atoms with Crippen molar-refractivity contribution in [3.63, 3.8) is 0 Å². The van der Waals surface area contributed by atoms with E-state index in [4.69, 9.17) is 16.3 Å². The molecule has 1 fully saturated rings. The molecule has 4 rings (SSSR count). The first-order valence-corrected chi connectivity index (χ1v) is 9.25. The Labute approximate surface area is 157 Å². The molecular formula is C19H22ClN5O. The van der Waals surface area contributed by atoms with Crippen molar-refractivity contribution < 1.29 is 4.74 Å². The lowest BCUT2D eigenvalue weighted by Crippen LogP contribution is -2.16. The number of nitrogens with one attached hydrogen (secondary N) is 2. The van der Waals surface area contributed by atoms with Gasteiger partial charge in [0.25, 0.3) is 0 Å². The van der Waals surface area contributed by atoms with Gasteiger partial charge >= 0.3 is 0 Å². The smallest absolute Gasteiger partial charge is 0.182 e. The number of H-pyrrole nitrogens is 1. The first kappa shape index (κ1) is 17.1. The van der Waals surface area contributed by atoms with Crippen LogP contribution < -0.4 is 10.1 Å². The number of methoxy groups -OCH3 is 1. The minimum atomic E-state index is -0.0386. The molecule has 2 aromatic heterocycles. The zero-order chi connectivity index (χ0) is 18.3. The third-order valence-electron chi connectivity index (χ3n) is 5.31. The number of hydrogen-bond acceptors (Lipinski definition) is 5. The molecule has 7 heteroatoms. The molecule has 0 aliphatic heterocycles. The van der Waals surface area contributed by atoms with Crippen LogP contribution in [-0.2, 0) is 0 Å². The van der Waals surface area contributed by atoms with Crippen LogP contribution in [0, 0.1) is 6.92 Å². The van der Waals surface area contributed by atoms with E-state index in [9.17, 15) is 0 Å². The van der Waals surface area contributed by atoms with Gasteiger partial charge in [0, 0.05) is 16.1 Å². The summed E-state index contributed by atoms with van der Waals surface area (Å²) in [5, 5.41) is 4.23. The van der Waals surface area contributed by atoms with Gasteiger partial charge in [-0.15, -0.1) is 0 Å². The fraction of sp³-hybridized carbons (Fsp3) is 0.421. The van der Waals surface area contributed by atoms with E-state index in [1.165, 1.54) is 31.2 Å². The second-order valence-electron chi connectivity index (χ2n) is 6.84. The van der Waals surface area contributed by atoms with E-state index in [2.05, 4.69) is 39.1 Å². The molecule has 0 radical (unpaired) electrons. The first-order valence-electron chi connectivity index (χ1n) is 8.87. The van der Waals surface area contributed by atoms with Gasteiger partial charge in [-0.05, 0) is 44.2 Å². The van der Waals surface area contributed by atoms with Crippen molar-refractivity contribution in [1.82, 2.24) is 19.9 Å². The molecule has 1 saturated carbocycles. The molecule has 1 aromatic carbocycles. The summed E-state index contributed by atoms with van der Waals surface area (Å²) in [5.41, 5.74) is 4.84. The number of imidazole rings is 1. The van der Waals surface area contributed by atoms with E-state index >= 15 is 0 Å². The van der Waals surface area contributed by atoms with Gasteiger partial charge in [-0.2, -0.15) is 0 Å². The predicted molar refractivity (Wildman–Crippen MR) is 103 cm³/mol. The van der Waals surface area contributed by atoms with E-state index < -0.39 is 0 Å². The highest BCUT2D eigenvalue weighted by atomic mass is 35.5. The SMILES string of the molecule is COc1c(C(C)Nc2ncnc3nc[nH]c23)cc(Cl)c(C)c1C1CCC1. The number of benzene rings is 1. The second kappa shape index (κ2) is 6.76. The van der Waals surface area contributed by atoms with Gasteiger partial charge < -0.3 is 15.0 Å². The number of aromatic nitrogens is 4. The van der Waals surface area contributed by atoms with Gasteiger partial charge in [0.15, 0.2) is 11.5 Å². The van der Waals surface area contributed by atoms with Gasteiger partial charge in [-0.25, -0.2) is 15.0 Å². The summed E-state index contributed by atoms with van der Waals surface area (Å²) in [5.74, 6) is 2.18. The van der Waals surface area contributed by atoms with Crippen LogP contribution in [0.4, 0.5) is 5.82 Å². The maximum atomic E-state index is 6.57. The van der Waals surface area contributed by atoms with Crippen LogP contribution >= 0.6 is 11.6 Å². The highest BCUT2D eigenvalue weighted by Crippen LogP contribution is 2.47. The van der Waals surface area contributed by atoms with Crippen molar-refractivity contribution in [1.29, 1.82) is 0 Å². The van der Waals surface area contributed by atoms with Gasteiger partial charge in [0.05, 0.1) is 19.5 Å². The van der Waals surface area contributed by atoms with Gasteiger partial charge in [0.1, 0.15) is 17.6 Å². The molecule has 1 atom stereocenters. The third kappa shape index (κ3) is 2.78. The van der Waals surface area contributed by atoms with Crippen LogP contribution in [0.2, 0.25) is 5.02 Å². The Kier molecular flexibility index (Phi) is 4.44. The van der Waals surface area contributed by atoms with Crippen LogP contribution in [0.5, 0.6) is 5.75 Å². The monoisotopic (exact) mass is 371 g/mol. The van der Waals surface area contributed by atoms with Gasteiger partial charge in [0.2, 0.25) is 0 Å². The minimum Gasteiger partial charge on any atom is -0.496 e. The summed E-state index contributed by atoms with van der Waals surface area (Å²) in [6.07, 6.45) is 6.78. The van der Waals surface area contributed by atoms with Crippen molar-refractivity contribution >= 4 is 28.6 Å². The number of fused-ring (bicyclic) bond motifs is 1. The van der Waals surface area contributed by atoms with Crippen LogP contribution in [0.25, 0.3) is 11.2 Å². The fourth-order valence-electron chi connectivity index (χ4n) is 3.66. The maximum absolute atomic E-state index is 6.57. The third-order valence-corrected chi connectivity index (χ3v) is 5.70. The molecule has 0 bridgehead atoms. The number of nitrogens with zero attached hydrogens (tertiary/aromatic N) is 3. The maximum Gasteiger partial charge on any atom is 0.182 e. The number of aromatic amines is 1. The summed E-state index contributed by atoms with van der Waals surface area (Å²) in [7, 11) is 1.73. The molecule has 2 heterocycles. The molecule has 3 aromatic rings. The summed E-state index contributed by atoms with van der Waals surface area (Å²) in [6, 6.07) is 1.96. The molecule has 0 spiro atoms. The Morgan fingerprint density at radius 1 is 1.31 bits per heavy atom. The zero-order valence-electron chi connectivity index (χ0n) is 15.1. The topological polar surface area (TPSA) is 75.7 Å². The van der Waals surface area contributed by atoms with Crippen LogP contribution in [-0.4, -0.2) is 27.0 Å². The standard InChI is InChI=1S/C19H22ClN5O/c1-10-14(20)7-13(17(26-3)15(10)12-5-4-6-12)11(2)25-19-16-18(22-8-21-16)23-9-24-19/h7-9,11-12H,4-6H2,1-3H3,(H2,21,22,23,24,25). The number of rotatable bonds is 5. The van der Waals surface area contributed by atoms with E-state index in [-0.39, 0.29) is 6.04 Å². The molecule has 1 unspecified atom stereocenters. The van der Waals surface area contributed by atoms with Crippen LogP contribution in [0.3, 0.4) is 0 Å². The predicted octanol–water partition coefficient (Wildman–Crippen LogP) is 4.76. The molecule has 0 amide bonds. The highest BCUT2D eigenvalue weighted by Gasteiger charge is 2.29. The lowest BCUT2D eigenvalue weighted by Gasteiger charge is -2.31. The summed E-state index contributed by atoms with van der Waals surface area (Å²) < 4.78 is 5.85. The molecular weight excluding hydrogens is 350 g/mol. The Balaban J connectivity index is 1.74. The van der Waals surface area contributed by atoms with E-state index in [1.807, 2.05) is 6.07 Å². The van der Waals surface area contributed by atoms with Crippen LogP contribution in [0.1, 0.15) is 54.8 Å². The van der Waals surface area contributed by atoms with Crippen LogP contribution in [0.15, 0.2) is 18.7 Å². The average molecular weight is 372 g/mol. The molecule has 2 N–H and O–H groups in total. The minimum absolute atomic E-state index is 0.0386. The van der Waals surface area contributed by atoms with Crippen molar-refractivity contribution in [3.05, 3.63) is 40.4 Å². The average Bonchev–Trinajstić information content (AvgIpc) is 3.07. The summed E-state index contributed by atoms with van der Waals surface area (Å²) in [6.45, 7) is 4.16. The Hall–Kier alpha value is -2.34. The first-order chi connectivity index (χ1) is 12.6. The fourth-order valence-corrected chi connectivity index (χ4v) is 3.88. The largest absolute Gasteiger partial charge is 0.496 e. The van der Waals surface area contributed by atoms with Gasteiger partial charge in [-0.3, -0.25) is 0 Å². The van der Waals surface area contributed by atoms with Crippen molar-refractivity contribution in [2.45, 2.75) is 45.1 Å². The highest BCUT2D eigenvalue weighted by molar-refractivity contribution is 6.31. The molecule has 26 heavy (non-hydrogen) atoms. The van der Waals surface area contributed by atoms with Crippen molar-refractivity contribution in [2.75, 3.05) is 12.4 Å². The van der Waals surface area contributed by atoms with E-state index in [0.29, 0.717) is 17.4 Å². The number of anilines is 1. The molecule has 1 aliphatic carbocycles. The zero-order valence-corrected chi connectivity index (χ0v) is 15.9. The normalized spacial score (nSPS) is 15.7. The second-order valence-corrected chi connectivity index (χ2v) is 7.24. The lowest BCUT2D eigenvalue weighted by atomic mass is 9.77. The Bertz CT molecular complexity index is 950. The number of hydrogen-bond donors (Lipinski definition) is 2. The van der Waals surface area contributed by atoms with Crippen molar-refractivity contribution in [2.24, 2.45) is 0 Å². The lowest BCUT2D eigenvalue weighted by molar-refractivity contribution is 0.368. The molecule has 6 nitrogen and oxygen atoms in total. The molecule has 0 saturated heterocycles. The number of ether oxygens (including phenoxy) is 1. The summed E-state index contributed by atoms with van der Waals surface area (Å²) in [4.78, 5) is 15.8. The number of halogens is 1. The quantitative estimate of drug-likeness (QED) is 0.676. The van der Waals surface area contributed by atoms with E-state index in [1.54, 1.807) is 13.4 Å².